The highest BCUT2D eigenvalue weighted by molar-refractivity contribution is 5.73. The summed E-state index contributed by atoms with van der Waals surface area (Å²) < 4.78 is 5.29. The smallest absolute Gasteiger partial charge is 0.143 e. The topological polar surface area (TPSA) is 60.2 Å². The van der Waals surface area contributed by atoms with Crippen molar-refractivity contribution in [3.63, 3.8) is 0 Å². The van der Waals surface area contributed by atoms with Crippen molar-refractivity contribution < 1.29 is 9.84 Å². The van der Waals surface area contributed by atoms with Crippen LogP contribution in [-0.4, -0.2) is 27.2 Å². The summed E-state index contributed by atoms with van der Waals surface area (Å²) in [6.45, 7) is 1.95. The molecule has 3 rings (SSSR count). The summed E-state index contributed by atoms with van der Waals surface area (Å²) in [5.41, 5.74) is 3.08. The van der Waals surface area contributed by atoms with Gasteiger partial charge in [0.25, 0.3) is 0 Å². The molecule has 5 nitrogen and oxygen atoms in total. The van der Waals surface area contributed by atoms with Gasteiger partial charge in [-0.3, -0.25) is 0 Å². The molecule has 102 valence electrons. The number of nitrogens with zero attached hydrogens (tertiary/aromatic N) is 3. The highest BCUT2D eigenvalue weighted by Crippen LogP contribution is 2.26. The van der Waals surface area contributed by atoms with E-state index in [1.54, 1.807) is 13.2 Å². The third-order valence-electron chi connectivity index (χ3n) is 3.32. The van der Waals surface area contributed by atoms with Gasteiger partial charge in [0.2, 0.25) is 0 Å². The second-order valence-corrected chi connectivity index (χ2v) is 4.60. The Morgan fingerprint density at radius 2 is 1.75 bits per heavy atom. The number of hydrogen-bond donors (Lipinski definition) is 1. The first-order valence-electron chi connectivity index (χ1n) is 6.37. The number of aromatic hydroxyl groups is 1. The fraction of sp³-hybridized carbons (Fsp3) is 0.200. The summed E-state index contributed by atoms with van der Waals surface area (Å²) >= 11 is 0. The summed E-state index contributed by atoms with van der Waals surface area (Å²) in [5.74, 6) is 0.136. The number of hydrogen-bond acceptors (Lipinski definition) is 4. The first-order chi connectivity index (χ1) is 9.69. The SMILES string of the molecule is COC(C)c1ccc(O)c(-n2nc3ccccc3n2)c1. The Morgan fingerprint density at radius 3 is 2.35 bits per heavy atom. The van der Waals surface area contributed by atoms with Gasteiger partial charge in [-0.2, -0.15) is 0 Å². The predicted molar refractivity (Wildman–Crippen MR) is 76.0 cm³/mol. The van der Waals surface area contributed by atoms with E-state index in [1.807, 2.05) is 43.3 Å². The van der Waals surface area contributed by atoms with E-state index in [-0.39, 0.29) is 11.9 Å². The van der Waals surface area contributed by atoms with Crippen LogP contribution in [0.5, 0.6) is 5.75 Å². The molecule has 0 saturated carbocycles. The molecule has 0 fully saturated rings. The Morgan fingerprint density at radius 1 is 1.10 bits per heavy atom. The zero-order valence-corrected chi connectivity index (χ0v) is 11.3. The molecule has 0 aliphatic heterocycles. The Balaban J connectivity index is 2.12. The third-order valence-corrected chi connectivity index (χ3v) is 3.32. The second-order valence-electron chi connectivity index (χ2n) is 4.60. The largest absolute Gasteiger partial charge is 0.506 e. The van der Waals surface area contributed by atoms with Crippen molar-refractivity contribution in [3.8, 4) is 11.4 Å². The van der Waals surface area contributed by atoms with Crippen LogP contribution in [0.2, 0.25) is 0 Å². The van der Waals surface area contributed by atoms with Crippen LogP contribution in [0, 0.1) is 0 Å². The fourth-order valence-electron chi connectivity index (χ4n) is 2.06. The molecule has 0 saturated heterocycles. The standard InChI is InChI=1S/C15H15N3O2/c1-10(20-2)11-7-8-15(19)14(9-11)18-16-12-5-3-4-6-13(12)17-18/h3-10,19H,1-2H3. The number of fused-ring (bicyclic) bond motifs is 1. The zero-order chi connectivity index (χ0) is 14.1. The molecule has 0 radical (unpaired) electrons. The number of benzene rings is 2. The lowest BCUT2D eigenvalue weighted by Gasteiger charge is -2.12. The molecule has 20 heavy (non-hydrogen) atoms. The van der Waals surface area contributed by atoms with Gasteiger partial charge in [0, 0.05) is 7.11 Å². The van der Waals surface area contributed by atoms with Crippen LogP contribution in [0.25, 0.3) is 16.7 Å². The quantitative estimate of drug-likeness (QED) is 0.794. The van der Waals surface area contributed by atoms with Crippen molar-refractivity contribution in [1.29, 1.82) is 0 Å². The maximum Gasteiger partial charge on any atom is 0.143 e. The lowest BCUT2D eigenvalue weighted by atomic mass is 10.1. The van der Waals surface area contributed by atoms with Crippen LogP contribution in [0.4, 0.5) is 0 Å². The van der Waals surface area contributed by atoms with Crippen molar-refractivity contribution in [2.75, 3.05) is 7.11 Å². The summed E-state index contributed by atoms with van der Waals surface area (Å²) in [7, 11) is 1.65. The summed E-state index contributed by atoms with van der Waals surface area (Å²) in [6.07, 6.45) is -0.0562. The molecule has 5 heteroatoms. The highest BCUT2D eigenvalue weighted by atomic mass is 16.5. The molecule has 1 unspecified atom stereocenters. The van der Waals surface area contributed by atoms with Gasteiger partial charge < -0.3 is 9.84 Å². The highest BCUT2D eigenvalue weighted by Gasteiger charge is 2.12. The monoisotopic (exact) mass is 269 g/mol. The number of methoxy groups -OCH3 is 1. The van der Waals surface area contributed by atoms with Gasteiger partial charge in [-0.05, 0) is 36.8 Å². The van der Waals surface area contributed by atoms with Crippen molar-refractivity contribution in [1.82, 2.24) is 15.0 Å². The van der Waals surface area contributed by atoms with Gasteiger partial charge in [-0.25, -0.2) is 0 Å². The number of phenols is 1. The van der Waals surface area contributed by atoms with Gasteiger partial charge in [0.1, 0.15) is 22.5 Å². The average molecular weight is 269 g/mol. The second kappa shape index (κ2) is 4.94. The molecule has 2 aromatic carbocycles. The van der Waals surface area contributed by atoms with E-state index in [9.17, 15) is 5.11 Å². The van der Waals surface area contributed by atoms with E-state index >= 15 is 0 Å². The summed E-state index contributed by atoms with van der Waals surface area (Å²) in [4.78, 5) is 1.45. The molecule has 0 spiro atoms. The van der Waals surface area contributed by atoms with Gasteiger partial charge in [-0.1, -0.05) is 18.2 Å². The Labute approximate surface area is 116 Å². The normalized spacial score (nSPS) is 12.7. The molecule has 0 amide bonds. The zero-order valence-electron chi connectivity index (χ0n) is 11.3. The number of aromatic nitrogens is 3. The third kappa shape index (κ3) is 2.12. The molecule has 1 heterocycles. The van der Waals surface area contributed by atoms with Gasteiger partial charge in [0.15, 0.2) is 0 Å². The maximum atomic E-state index is 10.0. The molecule has 1 aromatic heterocycles. The minimum atomic E-state index is -0.0562. The van der Waals surface area contributed by atoms with E-state index in [2.05, 4.69) is 10.2 Å². The Bertz CT molecular complexity index is 719. The van der Waals surface area contributed by atoms with Crippen LogP contribution in [0.3, 0.4) is 0 Å². The van der Waals surface area contributed by atoms with E-state index in [1.165, 1.54) is 4.80 Å². The molecular weight excluding hydrogens is 254 g/mol. The molecular formula is C15H15N3O2. The minimum absolute atomic E-state index is 0.0562. The van der Waals surface area contributed by atoms with Gasteiger partial charge in [0.05, 0.1) is 6.10 Å². The van der Waals surface area contributed by atoms with E-state index in [4.69, 9.17) is 4.74 Å². The average Bonchev–Trinajstić information content (AvgIpc) is 2.90. The molecule has 3 aromatic rings. The van der Waals surface area contributed by atoms with E-state index < -0.39 is 0 Å². The van der Waals surface area contributed by atoms with Crippen molar-refractivity contribution >= 4 is 11.0 Å². The fourth-order valence-corrected chi connectivity index (χ4v) is 2.06. The Kier molecular flexibility index (Phi) is 3.12. The van der Waals surface area contributed by atoms with Crippen molar-refractivity contribution in [3.05, 3.63) is 48.0 Å². The Hall–Kier alpha value is -2.40. The predicted octanol–water partition coefficient (Wildman–Crippen LogP) is 2.83. The molecule has 1 atom stereocenters. The van der Waals surface area contributed by atoms with Crippen LogP contribution >= 0.6 is 0 Å². The molecule has 1 N–H and O–H groups in total. The lowest BCUT2D eigenvalue weighted by Crippen LogP contribution is -2.02. The molecule has 0 bridgehead atoms. The van der Waals surface area contributed by atoms with Crippen molar-refractivity contribution in [2.24, 2.45) is 0 Å². The van der Waals surface area contributed by atoms with E-state index in [0.29, 0.717) is 5.69 Å². The maximum absolute atomic E-state index is 10.0. The first kappa shape index (κ1) is 12.6. The molecule has 0 aliphatic rings. The summed E-state index contributed by atoms with van der Waals surface area (Å²) in [5, 5.41) is 18.8. The number of phenolic OH excluding ortho intramolecular Hbond substituents is 1. The van der Waals surface area contributed by atoms with Gasteiger partial charge in [-0.15, -0.1) is 15.0 Å². The summed E-state index contributed by atoms with van der Waals surface area (Å²) in [6, 6.07) is 12.9. The minimum Gasteiger partial charge on any atom is -0.506 e. The first-order valence-corrected chi connectivity index (χ1v) is 6.37. The van der Waals surface area contributed by atoms with Crippen LogP contribution in [-0.2, 0) is 4.74 Å². The van der Waals surface area contributed by atoms with Crippen LogP contribution < -0.4 is 0 Å². The van der Waals surface area contributed by atoms with Crippen LogP contribution in [0.1, 0.15) is 18.6 Å². The van der Waals surface area contributed by atoms with Crippen LogP contribution in [0.15, 0.2) is 42.5 Å². The number of rotatable bonds is 3. The van der Waals surface area contributed by atoms with E-state index in [0.717, 1.165) is 16.6 Å². The van der Waals surface area contributed by atoms with Crippen molar-refractivity contribution in [2.45, 2.75) is 13.0 Å². The molecule has 0 aliphatic carbocycles. The lowest BCUT2D eigenvalue weighted by molar-refractivity contribution is 0.119. The number of ether oxygens (including phenoxy) is 1. The van der Waals surface area contributed by atoms with Gasteiger partial charge >= 0.3 is 0 Å².